The van der Waals surface area contributed by atoms with Crippen molar-refractivity contribution in [1.82, 2.24) is 0 Å². The van der Waals surface area contributed by atoms with Crippen molar-refractivity contribution in [2.75, 3.05) is 7.05 Å². The fraction of sp³-hybridized carbons (Fsp3) is 0.375. The third-order valence-electron chi connectivity index (χ3n) is 5.82. The molecule has 3 heteroatoms. The number of benzene rings is 2. The zero-order valence-corrected chi connectivity index (χ0v) is 16.3. The highest BCUT2D eigenvalue weighted by atomic mass is 16.1. The Balaban J connectivity index is 0.00000280. The molecule has 27 heavy (non-hydrogen) atoms. The second-order valence-corrected chi connectivity index (χ2v) is 7.43. The largest absolute Gasteiger partial charge is 0.294 e. The minimum atomic E-state index is 0. The Kier molecular flexibility index (Phi) is 5.86. The van der Waals surface area contributed by atoms with Gasteiger partial charge in [-0.1, -0.05) is 37.1 Å². The van der Waals surface area contributed by atoms with Gasteiger partial charge >= 0.3 is 0 Å². The van der Waals surface area contributed by atoms with Gasteiger partial charge in [0.2, 0.25) is 0 Å². The molecule has 3 rings (SSSR count). The van der Waals surface area contributed by atoms with Crippen molar-refractivity contribution in [3.8, 4) is 6.07 Å². The van der Waals surface area contributed by atoms with E-state index in [0.29, 0.717) is 5.56 Å². The van der Waals surface area contributed by atoms with Crippen LogP contribution in [0.1, 0.15) is 72.6 Å². The molecule has 2 aromatic rings. The Labute approximate surface area is 163 Å². The summed E-state index contributed by atoms with van der Waals surface area (Å²) < 4.78 is 0. The standard InChI is InChI=1S/C24H26N2O.H2/c1-16-8-11-20(14-23(16)17(2)26-3)24(27)22-7-5-4-6-21(22)19-12-9-18(15-25)10-13-19;/h8-14,21-22H,4-7H2,1-3H3;1H/t21-,22?;/m1./s1. The molecule has 1 unspecified atom stereocenters. The van der Waals surface area contributed by atoms with Gasteiger partial charge in [0.1, 0.15) is 0 Å². The number of aliphatic imine (C=N–C) groups is 1. The number of carbonyl (C=O) groups excluding carboxylic acids is 1. The van der Waals surface area contributed by atoms with Crippen LogP contribution in [-0.4, -0.2) is 18.5 Å². The molecule has 140 valence electrons. The molecule has 0 N–H and O–H groups in total. The molecule has 1 aliphatic rings. The number of carbonyl (C=O) groups is 1. The van der Waals surface area contributed by atoms with Gasteiger partial charge in [0, 0.05) is 25.7 Å². The fourth-order valence-corrected chi connectivity index (χ4v) is 4.15. The summed E-state index contributed by atoms with van der Waals surface area (Å²) in [5.41, 5.74) is 5.76. The number of Topliss-reactive ketones (excluding diaryl/α,β-unsaturated/α-hetero) is 1. The lowest BCUT2D eigenvalue weighted by atomic mass is 9.72. The Hall–Kier alpha value is -2.73. The summed E-state index contributed by atoms with van der Waals surface area (Å²) in [4.78, 5) is 17.7. The number of aryl methyl sites for hydroxylation is 1. The average Bonchev–Trinajstić information content (AvgIpc) is 2.73. The fourth-order valence-electron chi connectivity index (χ4n) is 4.15. The Morgan fingerprint density at radius 2 is 1.85 bits per heavy atom. The number of nitriles is 1. The molecule has 2 atom stereocenters. The SMILES string of the molecule is CN=C(C)c1cc(C(=O)C2CCCC[C@@H]2c2ccc(C#N)cc2)ccc1C.[HH]. The molecule has 0 bridgehead atoms. The van der Waals surface area contributed by atoms with E-state index in [4.69, 9.17) is 5.26 Å². The maximum atomic E-state index is 13.4. The van der Waals surface area contributed by atoms with Gasteiger partial charge in [-0.3, -0.25) is 9.79 Å². The van der Waals surface area contributed by atoms with Gasteiger partial charge in [0.25, 0.3) is 0 Å². The quantitative estimate of drug-likeness (QED) is 0.518. The molecule has 2 aromatic carbocycles. The minimum absolute atomic E-state index is 0. The second-order valence-electron chi connectivity index (χ2n) is 7.43. The molecule has 3 nitrogen and oxygen atoms in total. The van der Waals surface area contributed by atoms with Gasteiger partial charge in [-0.25, -0.2) is 0 Å². The van der Waals surface area contributed by atoms with Crippen molar-refractivity contribution >= 4 is 11.5 Å². The lowest BCUT2D eigenvalue weighted by molar-refractivity contribution is 0.0868. The van der Waals surface area contributed by atoms with Crippen molar-refractivity contribution in [2.24, 2.45) is 10.9 Å². The van der Waals surface area contributed by atoms with Gasteiger partial charge < -0.3 is 0 Å². The predicted octanol–water partition coefficient (Wildman–Crippen LogP) is 5.71. The van der Waals surface area contributed by atoms with Crippen LogP contribution in [0.2, 0.25) is 0 Å². The summed E-state index contributed by atoms with van der Waals surface area (Å²) in [6, 6.07) is 15.9. The summed E-state index contributed by atoms with van der Waals surface area (Å²) in [5.74, 6) is 0.458. The van der Waals surface area contributed by atoms with Gasteiger partial charge in [-0.15, -0.1) is 0 Å². The van der Waals surface area contributed by atoms with E-state index in [1.165, 1.54) is 5.56 Å². The highest BCUT2D eigenvalue weighted by Gasteiger charge is 2.32. The lowest BCUT2D eigenvalue weighted by Crippen LogP contribution is -2.26. The second kappa shape index (κ2) is 8.31. The summed E-state index contributed by atoms with van der Waals surface area (Å²) >= 11 is 0. The van der Waals surface area contributed by atoms with Crippen LogP contribution in [0, 0.1) is 24.2 Å². The Morgan fingerprint density at radius 1 is 1.15 bits per heavy atom. The highest BCUT2D eigenvalue weighted by Crippen LogP contribution is 2.39. The summed E-state index contributed by atoms with van der Waals surface area (Å²) in [5, 5.41) is 9.03. The Bertz CT molecular complexity index is 909. The lowest BCUT2D eigenvalue weighted by Gasteiger charge is -2.31. The van der Waals surface area contributed by atoms with Crippen LogP contribution in [0.5, 0.6) is 0 Å². The molecule has 0 spiro atoms. The molecule has 0 aromatic heterocycles. The smallest absolute Gasteiger partial charge is 0.166 e. The topological polar surface area (TPSA) is 53.2 Å². The molecule has 1 saturated carbocycles. The maximum absolute atomic E-state index is 13.4. The Morgan fingerprint density at radius 3 is 2.52 bits per heavy atom. The molecule has 1 fully saturated rings. The van der Waals surface area contributed by atoms with E-state index < -0.39 is 0 Å². The van der Waals surface area contributed by atoms with Gasteiger partial charge in [-0.05, 0) is 67.5 Å². The number of rotatable bonds is 4. The number of ketones is 1. The first-order valence-corrected chi connectivity index (χ1v) is 9.64. The van der Waals surface area contributed by atoms with Crippen molar-refractivity contribution in [3.63, 3.8) is 0 Å². The molecule has 0 heterocycles. The zero-order valence-electron chi connectivity index (χ0n) is 16.3. The van der Waals surface area contributed by atoms with Crippen LogP contribution in [0.4, 0.5) is 0 Å². The number of hydrogen-bond acceptors (Lipinski definition) is 3. The monoisotopic (exact) mass is 360 g/mol. The van der Waals surface area contributed by atoms with Crippen molar-refractivity contribution in [3.05, 3.63) is 70.3 Å². The first-order valence-electron chi connectivity index (χ1n) is 9.64. The van der Waals surface area contributed by atoms with Crippen LogP contribution >= 0.6 is 0 Å². The molecule has 0 saturated heterocycles. The summed E-state index contributed by atoms with van der Waals surface area (Å²) in [6.07, 6.45) is 4.19. The van der Waals surface area contributed by atoms with E-state index in [1.807, 2.05) is 49.4 Å². The minimum Gasteiger partial charge on any atom is -0.294 e. The van der Waals surface area contributed by atoms with E-state index >= 15 is 0 Å². The molecule has 0 radical (unpaired) electrons. The first kappa shape index (κ1) is 19.0. The number of hydrogen-bond donors (Lipinski definition) is 0. The number of nitrogens with zero attached hydrogens (tertiary/aromatic N) is 2. The van der Waals surface area contributed by atoms with Crippen LogP contribution < -0.4 is 0 Å². The van der Waals surface area contributed by atoms with Crippen LogP contribution in [0.3, 0.4) is 0 Å². The van der Waals surface area contributed by atoms with Crippen molar-refractivity contribution in [2.45, 2.75) is 45.4 Å². The van der Waals surface area contributed by atoms with E-state index in [9.17, 15) is 4.79 Å². The molecule has 0 amide bonds. The van der Waals surface area contributed by atoms with Gasteiger partial charge in [0.05, 0.1) is 11.6 Å². The van der Waals surface area contributed by atoms with Crippen molar-refractivity contribution in [1.29, 1.82) is 5.26 Å². The van der Waals surface area contributed by atoms with E-state index in [0.717, 1.165) is 48.1 Å². The van der Waals surface area contributed by atoms with Crippen LogP contribution in [0.25, 0.3) is 0 Å². The zero-order chi connectivity index (χ0) is 19.4. The molecular formula is C24H28N2O. The normalized spacial score (nSPS) is 20.1. The predicted molar refractivity (Wildman–Crippen MR) is 112 cm³/mol. The van der Waals surface area contributed by atoms with E-state index in [1.54, 1.807) is 7.05 Å². The van der Waals surface area contributed by atoms with Gasteiger partial charge in [-0.2, -0.15) is 5.26 Å². The van der Waals surface area contributed by atoms with Crippen LogP contribution in [0.15, 0.2) is 47.5 Å². The van der Waals surface area contributed by atoms with E-state index in [-0.39, 0.29) is 19.0 Å². The van der Waals surface area contributed by atoms with Crippen LogP contribution in [-0.2, 0) is 0 Å². The van der Waals surface area contributed by atoms with E-state index in [2.05, 4.69) is 18.0 Å². The summed E-state index contributed by atoms with van der Waals surface area (Å²) in [7, 11) is 1.78. The molecule has 1 aliphatic carbocycles. The average molecular weight is 361 g/mol. The molecule has 0 aliphatic heterocycles. The first-order chi connectivity index (χ1) is 13.0. The summed E-state index contributed by atoms with van der Waals surface area (Å²) in [6.45, 7) is 4.04. The van der Waals surface area contributed by atoms with Crippen molar-refractivity contribution < 1.29 is 6.22 Å². The third kappa shape index (κ3) is 4.01. The molecular weight excluding hydrogens is 332 g/mol. The van der Waals surface area contributed by atoms with Gasteiger partial charge in [0.15, 0.2) is 5.78 Å². The third-order valence-corrected chi connectivity index (χ3v) is 5.82. The maximum Gasteiger partial charge on any atom is 0.166 e. The highest BCUT2D eigenvalue weighted by molar-refractivity contribution is 6.04.